The fourth-order valence-electron chi connectivity index (χ4n) is 0.493. The number of nitrogens with one attached hydrogen (secondary N) is 1. The Morgan fingerprint density at radius 1 is 1.70 bits per heavy atom. The van der Waals surface area contributed by atoms with Gasteiger partial charge in [-0.05, 0) is 6.42 Å². The van der Waals surface area contributed by atoms with E-state index < -0.39 is 0 Å². The summed E-state index contributed by atoms with van der Waals surface area (Å²) in [7, 11) is 0. The van der Waals surface area contributed by atoms with Crippen molar-refractivity contribution in [3.63, 3.8) is 0 Å². The Hall–Kier alpha value is -0.240. The smallest absolute Gasteiger partial charge is 0.224 e. The van der Waals surface area contributed by atoms with Gasteiger partial charge in [0.25, 0.3) is 0 Å². The molecule has 0 aromatic heterocycles. The summed E-state index contributed by atoms with van der Waals surface area (Å²) in [6.45, 7) is 4.59. The maximum absolute atomic E-state index is 10.9. The van der Waals surface area contributed by atoms with Gasteiger partial charge in [0.15, 0.2) is 0 Å². The van der Waals surface area contributed by atoms with Gasteiger partial charge in [0.2, 0.25) is 5.91 Å². The Kier molecular flexibility index (Phi) is 5.40. The van der Waals surface area contributed by atoms with Crippen LogP contribution in [-0.2, 0) is 4.79 Å². The van der Waals surface area contributed by atoms with Crippen LogP contribution in [0.1, 0.15) is 20.3 Å². The lowest BCUT2D eigenvalue weighted by atomic mass is 10.2. The first-order chi connectivity index (χ1) is 4.72. The van der Waals surface area contributed by atoms with E-state index in [9.17, 15) is 4.79 Å². The topological polar surface area (TPSA) is 29.1 Å². The van der Waals surface area contributed by atoms with Gasteiger partial charge in [0, 0.05) is 18.3 Å². The van der Waals surface area contributed by atoms with Crippen molar-refractivity contribution in [2.45, 2.75) is 20.3 Å². The van der Waals surface area contributed by atoms with Crippen LogP contribution < -0.4 is 5.32 Å². The number of hydrogen-bond acceptors (Lipinski definition) is 1. The number of alkyl halides is 1. The van der Waals surface area contributed by atoms with Gasteiger partial charge in [-0.25, -0.2) is 0 Å². The first-order valence-corrected chi connectivity index (χ1v) is 4.09. The van der Waals surface area contributed by atoms with E-state index >= 15 is 0 Å². The Bertz CT molecular complexity index is 106. The summed E-state index contributed by atoms with van der Waals surface area (Å²) in [6, 6.07) is 0. The lowest BCUT2D eigenvalue weighted by Crippen LogP contribution is -2.30. The van der Waals surface area contributed by atoms with Gasteiger partial charge < -0.3 is 5.32 Å². The molecule has 1 amide bonds. The first-order valence-electron chi connectivity index (χ1n) is 3.56. The average Bonchev–Trinajstić information content (AvgIpc) is 1.98. The fourth-order valence-corrected chi connectivity index (χ4v) is 0.633. The number of hydrogen-bond donors (Lipinski definition) is 1. The predicted octanol–water partition coefficient (Wildman–Crippen LogP) is 1.39. The molecule has 2 nitrogen and oxygen atoms in total. The number of carbonyl (C=O) groups is 1. The van der Waals surface area contributed by atoms with E-state index in [1.807, 2.05) is 13.8 Å². The molecule has 0 aliphatic carbocycles. The highest BCUT2D eigenvalue weighted by molar-refractivity contribution is 6.19. The second kappa shape index (κ2) is 5.54. The lowest BCUT2D eigenvalue weighted by Gasteiger charge is -2.06. The Morgan fingerprint density at radius 3 is 2.70 bits per heavy atom. The Morgan fingerprint density at radius 2 is 2.30 bits per heavy atom. The van der Waals surface area contributed by atoms with Crippen LogP contribution in [0.4, 0.5) is 0 Å². The van der Waals surface area contributed by atoms with Crippen LogP contribution >= 0.6 is 11.6 Å². The van der Waals surface area contributed by atoms with Crippen molar-refractivity contribution in [1.82, 2.24) is 5.32 Å². The number of carbonyl (C=O) groups excluding carboxylic acids is 1. The highest BCUT2D eigenvalue weighted by atomic mass is 35.5. The molecule has 0 heterocycles. The third-order valence-electron chi connectivity index (χ3n) is 1.23. The number of rotatable bonds is 4. The molecular weight excluding hydrogens is 150 g/mol. The molecule has 0 fully saturated rings. The minimum atomic E-state index is -0.0618. The molecule has 10 heavy (non-hydrogen) atoms. The van der Waals surface area contributed by atoms with Gasteiger partial charge in [-0.2, -0.15) is 0 Å². The molecule has 1 unspecified atom stereocenters. The molecule has 0 spiro atoms. The Labute approximate surface area is 66.9 Å². The molecule has 0 aliphatic rings. The molecule has 0 radical (unpaired) electrons. The molecule has 3 heteroatoms. The highest BCUT2D eigenvalue weighted by Gasteiger charge is 2.08. The standard InChI is InChI=1S/C7H14ClNO/c1-3-4-9-7(10)6(2)5-8/h6H,3-5H2,1-2H3,(H,9,10). The average molecular weight is 164 g/mol. The summed E-state index contributed by atoms with van der Waals surface area (Å²) in [6.07, 6.45) is 0.973. The van der Waals surface area contributed by atoms with Gasteiger partial charge in [-0.1, -0.05) is 13.8 Å². The fraction of sp³-hybridized carbons (Fsp3) is 0.857. The van der Waals surface area contributed by atoms with E-state index in [1.165, 1.54) is 0 Å². The summed E-state index contributed by atoms with van der Waals surface area (Å²) in [5.41, 5.74) is 0. The normalized spacial score (nSPS) is 12.7. The zero-order valence-electron chi connectivity index (χ0n) is 6.48. The molecule has 0 aromatic rings. The number of amides is 1. The molecule has 0 bridgehead atoms. The second-order valence-corrected chi connectivity index (χ2v) is 2.65. The summed E-state index contributed by atoms with van der Waals surface area (Å²) >= 11 is 5.46. The van der Waals surface area contributed by atoms with E-state index in [2.05, 4.69) is 5.32 Å². The van der Waals surface area contributed by atoms with Crippen LogP contribution in [0.3, 0.4) is 0 Å². The maximum Gasteiger partial charge on any atom is 0.224 e. The highest BCUT2D eigenvalue weighted by Crippen LogP contribution is 1.96. The quantitative estimate of drug-likeness (QED) is 0.624. The zero-order valence-corrected chi connectivity index (χ0v) is 7.24. The van der Waals surface area contributed by atoms with Crippen molar-refractivity contribution in [3.05, 3.63) is 0 Å². The third kappa shape index (κ3) is 3.72. The minimum Gasteiger partial charge on any atom is -0.356 e. The lowest BCUT2D eigenvalue weighted by molar-refractivity contribution is -0.123. The van der Waals surface area contributed by atoms with Gasteiger partial charge in [-0.15, -0.1) is 11.6 Å². The third-order valence-corrected chi connectivity index (χ3v) is 1.69. The number of halogens is 1. The second-order valence-electron chi connectivity index (χ2n) is 2.35. The minimum absolute atomic E-state index is 0.0526. The van der Waals surface area contributed by atoms with Crippen LogP contribution in [0.25, 0.3) is 0 Å². The molecular formula is C7H14ClNO. The Balaban J connectivity index is 3.42. The van der Waals surface area contributed by atoms with E-state index in [-0.39, 0.29) is 11.8 Å². The van der Waals surface area contributed by atoms with E-state index in [0.717, 1.165) is 13.0 Å². The van der Waals surface area contributed by atoms with E-state index in [1.54, 1.807) is 0 Å². The van der Waals surface area contributed by atoms with Crippen molar-refractivity contribution in [2.75, 3.05) is 12.4 Å². The maximum atomic E-state index is 10.9. The molecule has 1 N–H and O–H groups in total. The SMILES string of the molecule is CCCNC(=O)C(C)CCl. The first kappa shape index (κ1) is 9.76. The molecule has 0 rings (SSSR count). The van der Waals surface area contributed by atoms with Crippen molar-refractivity contribution in [3.8, 4) is 0 Å². The molecule has 0 aromatic carbocycles. The van der Waals surface area contributed by atoms with Gasteiger partial charge >= 0.3 is 0 Å². The molecule has 0 aliphatic heterocycles. The van der Waals surface area contributed by atoms with E-state index in [0.29, 0.717) is 5.88 Å². The summed E-state index contributed by atoms with van der Waals surface area (Å²) in [5, 5.41) is 2.76. The molecule has 1 atom stereocenters. The molecule has 60 valence electrons. The summed E-state index contributed by atoms with van der Waals surface area (Å²) < 4.78 is 0. The molecule has 0 saturated carbocycles. The summed E-state index contributed by atoms with van der Waals surface area (Å²) in [5.74, 6) is 0.389. The molecule has 0 saturated heterocycles. The largest absolute Gasteiger partial charge is 0.356 e. The van der Waals surface area contributed by atoms with Crippen molar-refractivity contribution in [2.24, 2.45) is 5.92 Å². The van der Waals surface area contributed by atoms with Crippen molar-refractivity contribution >= 4 is 17.5 Å². The van der Waals surface area contributed by atoms with Crippen LogP contribution in [-0.4, -0.2) is 18.3 Å². The van der Waals surface area contributed by atoms with Crippen molar-refractivity contribution < 1.29 is 4.79 Å². The van der Waals surface area contributed by atoms with Gasteiger partial charge in [0.05, 0.1) is 0 Å². The van der Waals surface area contributed by atoms with Gasteiger partial charge in [-0.3, -0.25) is 4.79 Å². The van der Waals surface area contributed by atoms with Crippen molar-refractivity contribution in [1.29, 1.82) is 0 Å². The monoisotopic (exact) mass is 163 g/mol. The summed E-state index contributed by atoms with van der Waals surface area (Å²) in [4.78, 5) is 10.9. The zero-order chi connectivity index (χ0) is 7.98. The van der Waals surface area contributed by atoms with Crippen LogP contribution in [0.15, 0.2) is 0 Å². The van der Waals surface area contributed by atoms with Crippen LogP contribution in [0.2, 0.25) is 0 Å². The van der Waals surface area contributed by atoms with Crippen LogP contribution in [0, 0.1) is 5.92 Å². The van der Waals surface area contributed by atoms with Gasteiger partial charge in [0.1, 0.15) is 0 Å². The van der Waals surface area contributed by atoms with E-state index in [4.69, 9.17) is 11.6 Å². The van der Waals surface area contributed by atoms with Crippen LogP contribution in [0.5, 0.6) is 0 Å². The predicted molar refractivity (Wildman–Crippen MR) is 43.2 cm³/mol.